The van der Waals surface area contributed by atoms with Crippen LogP contribution in [0.2, 0.25) is 0 Å². The van der Waals surface area contributed by atoms with Gasteiger partial charge in [0.15, 0.2) is 0 Å². The van der Waals surface area contributed by atoms with E-state index in [-0.39, 0.29) is 11.3 Å². The maximum atomic E-state index is 12.5. The van der Waals surface area contributed by atoms with Gasteiger partial charge in [0.1, 0.15) is 0 Å². The van der Waals surface area contributed by atoms with Crippen LogP contribution in [0.1, 0.15) is 63.0 Å². The average Bonchev–Trinajstić information content (AvgIpc) is 3.03. The Kier molecular flexibility index (Phi) is 5.37. The molecule has 3 nitrogen and oxygen atoms in total. The lowest BCUT2D eigenvalue weighted by Crippen LogP contribution is -2.37. The quantitative estimate of drug-likeness (QED) is 0.895. The van der Waals surface area contributed by atoms with Gasteiger partial charge in [0.25, 0.3) is 0 Å². The van der Waals surface area contributed by atoms with Crippen molar-refractivity contribution < 1.29 is 4.79 Å². The van der Waals surface area contributed by atoms with E-state index in [0.29, 0.717) is 6.54 Å². The van der Waals surface area contributed by atoms with Gasteiger partial charge in [0, 0.05) is 18.5 Å². The Hall–Kier alpha value is -1.35. The fourth-order valence-corrected chi connectivity index (χ4v) is 4.01. The lowest BCUT2D eigenvalue weighted by Gasteiger charge is -2.27. The van der Waals surface area contributed by atoms with Crippen LogP contribution in [0.15, 0.2) is 24.3 Å². The van der Waals surface area contributed by atoms with Gasteiger partial charge in [-0.2, -0.15) is 0 Å². The predicted molar refractivity (Wildman–Crippen MR) is 94.0 cm³/mol. The van der Waals surface area contributed by atoms with Crippen LogP contribution in [0.5, 0.6) is 0 Å². The number of carbonyl (C=O) groups is 1. The van der Waals surface area contributed by atoms with E-state index in [0.717, 1.165) is 19.4 Å². The summed E-state index contributed by atoms with van der Waals surface area (Å²) < 4.78 is 0. The van der Waals surface area contributed by atoms with Crippen molar-refractivity contribution in [3.8, 4) is 0 Å². The van der Waals surface area contributed by atoms with Crippen molar-refractivity contribution in [3.05, 3.63) is 35.4 Å². The van der Waals surface area contributed by atoms with Crippen LogP contribution in [-0.4, -0.2) is 23.9 Å². The highest BCUT2D eigenvalue weighted by Gasteiger charge is 2.35. The zero-order valence-corrected chi connectivity index (χ0v) is 14.4. The minimum Gasteiger partial charge on any atom is -0.352 e. The summed E-state index contributed by atoms with van der Waals surface area (Å²) in [5.41, 5.74) is 2.50. The van der Waals surface area contributed by atoms with E-state index in [1.165, 1.54) is 56.3 Å². The van der Waals surface area contributed by atoms with Gasteiger partial charge in [-0.25, -0.2) is 0 Å². The molecule has 0 radical (unpaired) electrons. The summed E-state index contributed by atoms with van der Waals surface area (Å²) in [7, 11) is 0. The van der Waals surface area contributed by atoms with Crippen molar-refractivity contribution in [2.75, 3.05) is 13.1 Å². The van der Waals surface area contributed by atoms with Crippen LogP contribution in [0.4, 0.5) is 0 Å². The topological polar surface area (TPSA) is 32.3 Å². The van der Waals surface area contributed by atoms with E-state index in [9.17, 15) is 4.79 Å². The second kappa shape index (κ2) is 7.48. The molecular weight excluding hydrogens is 284 g/mol. The third-order valence-corrected chi connectivity index (χ3v) is 5.66. The van der Waals surface area contributed by atoms with Crippen molar-refractivity contribution in [3.63, 3.8) is 0 Å². The monoisotopic (exact) mass is 314 g/mol. The number of hydrogen-bond donors (Lipinski definition) is 1. The molecule has 23 heavy (non-hydrogen) atoms. The van der Waals surface area contributed by atoms with Crippen molar-refractivity contribution in [2.45, 2.75) is 65.0 Å². The number of benzene rings is 1. The molecule has 1 saturated heterocycles. The molecule has 1 N–H and O–H groups in total. The van der Waals surface area contributed by atoms with Crippen molar-refractivity contribution in [1.29, 1.82) is 0 Å². The van der Waals surface area contributed by atoms with Crippen LogP contribution in [0.3, 0.4) is 0 Å². The van der Waals surface area contributed by atoms with Gasteiger partial charge in [-0.3, -0.25) is 9.69 Å². The number of rotatable bonds is 5. The maximum Gasteiger partial charge on any atom is 0.226 e. The maximum absolute atomic E-state index is 12.5. The molecule has 1 aliphatic carbocycles. The van der Waals surface area contributed by atoms with Gasteiger partial charge >= 0.3 is 0 Å². The average molecular weight is 314 g/mol. The number of hydrogen-bond acceptors (Lipinski definition) is 2. The third-order valence-electron chi connectivity index (χ3n) is 5.66. The van der Waals surface area contributed by atoms with E-state index in [1.807, 2.05) is 0 Å². The fourth-order valence-electron chi connectivity index (χ4n) is 4.01. The molecule has 0 unspecified atom stereocenters. The fraction of sp³-hybridized carbons (Fsp3) is 0.650. The van der Waals surface area contributed by atoms with E-state index in [1.54, 1.807) is 0 Å². The molecule has 2 aliphatic rings. The Morgan fingerprint density at radius 3 is 2.39 bits per heavy atom. The summed E-state index contributed by atoms with van der Waals surface area (Å²) in [4.78, 5) is 15.1. The zero-order valence-electron chi connectivity index (χ0n) is 14.4. The zero-order chi connectivity index (χ0) is 16.1. The molecule has 3 rings (SSSR count). The van der Waals surface area contributed by atoms with E-state index in [2.05, 4.69) is 41.4 Å². The number of carbonyl (C=O) groups excluding carboxylic acids is 1. The summed E-state index contributed by atoms with van der Waals surface area (Å²) in [5, 5.41) is 3.20. The van der Waals surface area contributed by atoms with E-state index < -0.39 is 0 Å². The molecule has 0 bridgehead atoms. The molecule has 3 heteroatoms. The van der Waals surface area contributed by atoms with Crippen LogP contribution < -0.4 is 5.32 Å². The van der Waals surface area contributed by atoms with Crippen LogP contribution >= 0.6 is 0 Å². The second-order valence-corrected chi connectivity index (χ2v) is 7.56. The molecular formula is C20H30N2O. The number of amides is 1. The van der Waals surface area contributed by atoms with Gasteiger partial charge in [-0.15, -0.1) is 0 Å². The van der Waals surface area contributed by atoms with E-state index >= 15 is 0 Å². The van der Waals surface area contributed by atoms with Gasteiger partial charge < -0.3 is 5.32 Å². The number of likely N-dealkylation sites (tertiary alicyclic amines) is 1. The third kappa shape index (κ3) is 4.14. The minimum absolute atomic E-state index is 0.137. The lowest BCUT2D eigenvalue weighted by molar-refractivity contribution is -0.130. The highest BCUT2D eigenvalue weighted by Crippen LogP contribution is 2.37. The predicted octanol–water partition coefficient (Wildman–Crippen LogP) is 3.87. The number of piperidine rings is 1. The molecule has 2 fully saturated rings. The van der Waals surface area contributed by atoms with Crippen LogP contribution in [0, 0.1) is 5.41 Å². The molecule has 0 aromatic heterocycles. The molecule has 1 aliphatic heterocycles. The SMILES string of the molecule is CC1(C(=O)NCc2ccccc2CN2CCCCC2)CCCC1. The normalized spacial score (nSPS) is 21.3. The molecule has 0 spiro atoms. The summed E-state index contributed by atoms with van der Waals surface area (Å²) in [5.74, 6) is 0.239. The first-order valence-corrected chi connectivity index (χ1v) is 9.25. The minimum atomic E-state index is -0.137. The highest BCUT2D eigenvalue weighted by atomic mass is 16.2. The number of nitrogens with zero attached hydrogens (tertiary/aromatic N) is 1. The Morgan fingerprint density at radius 1 is 1.04 bits per heavy atom. The first-order chi connectivity index (χ1) is 11.2. The summed E-state index contributed by atoms with van der Waals surface area (Å²) in [6.45, 7) is 6.22. The lowest BCUT2D eigenvalue weighted by atomic mass is 9.88. The second-order valence-electron chi connectivity index (χ2n) is 7.56. The summed E-state index contributed by atoms with van der Waals surface area (Å²) >= 11 is 0. The number of nitrogens with one attached hydrogen (secondary N) is 1. The molecule has 1 amide bonds. The Labute approximate surface area is 140 Å². The Bertz CT molecular complexity index is 528. The Morgan fingerprint density at radius 2 is 1.70 bits per heavy atom. The first kappa shape index (κ1) is 16.5. The Balaban J connectivity index is 1.60. The van der Waals surface area contributed by atoms with E-state index in [4.69, 9.17) is 0 Å². The standard InChI is InChI=1S/C20H30N2O/c1-20(11-5-6-12-20)19(23)21-15-17-9-3-4-10-18(17)16-22-13-7-2-8-14-22/h3-4,9-10H,2,5-8,11-16H2,1H3,(H,21,23). The molecule has 1 aromatic rings. The van der Waals surface area contributed by atoms with Crippen molar-refractivity contribution in [1.82, 2.24) is 10.2 Å². The molecule has 1 heterocycles. The molecule has 1 saturated carbocycles. The van der Waals surface area contributed by atoms with Crippen LogP contribution in [-0.2, 0) is 17.9 Å². The molecule has 0 atom stereocenters. The van der Waals surface area contributed by atoms with Gasteiger partial charge in [0.05, 0.1) is 0 Å². The molecule has 126 valence electrons. The first-order valence-electron chi connectivity index (χ1n) is 9.25. The van der Waals surface area contributed by atoms with Crippen LogP contribution in [0.25, 0.3) is 0 Å². The smallest absolute Gasteiger partial charge is 0.226 e. The van der Waals surface area contributed by atoms with Gasteiger partial charge in [-0.05, 0) is 49.9 Å². The van der Waals surface area contributed by atoms with Gasteiger partial charge in [-0.1, -0.05) is 50.5 Å². The van der Waals surface area contributed by atoms with Crippen molar-refractivity contribution in [2.24, 2.45) is 5.41 Å². The highest BCUT2D eigenvalue weighted by molar-refractivity contribution is 5.82. The summed E-state index contributed by atoms with van der Waals surface area (Å²) in [6.07, 6.45) is 8.45. The molecule has 1 aromatic carbocycles. The van der Waals surface area contributed by atoms with Crippen molar-refractivity contribution >= 4 is 5.91 Å². The van der Waals surface area contributed by atoms with Gasteiger partial charge in [0.2, 0.25) is 5.91 Å². The largest absolute Gasteiger partial charge is 0.352 e. The summed E-state index contributed by atoms with van der Waals surface area (Å²) in [6, 6.07) is 8.57.